The van der Waals surface area contributed by atoms with E-state index in [1.807, 2.05) is 6.92 Å². The van der Waals surface area contributed by atoms with Gasteiger partial charge in [0.2, 0.25) is 0 Å². The molecule has 0 spiro atoms. The van der Waals surface area contributed by atoms with Crippen LogP contribution in [0, 0.1) is 0 Å². The molecule has 2 heteroatoms. The molecule has 0 bridgehead atoms. The first-order chi connectivity index (χ1) is 2.81. The van der Waals surface area contributed by atoms with Gasteiger partial charge in [-0.2, -0.15) is 0 Å². The highest BCUT2D eigenvalue weighted by atomic mass is 35.5. The van der Waals surface area contributed by atoms with Gasteiger partial charge in [0.1, 0.15) is 0 Å². The molecule has 0 atom stereocenters. The van der Waals surface area contributed by atoms with Crippen LogP contribution in [0.5, 0.6) is 0 Å². The average Bonchev–Trinajstić information content (AvgIpc) is 1.65. The van der Waals surface area contributed by atoms with Gasteiger partial charge in [0, 0.05) is 11.6 Å². The highest BCUT2D eigenvalue weighted by molar-refractivity contribution is 6.29. The predicted octanol–water partition coefficient (Wildman–Crippen LogP) is 1.09. The van der Waals surface area contributed by atoms with Crippen molar-refractivity contribution in [3.63, 3.8) is 0 Å². The fourth-order valence-electron chi connectivity index (χ4n) is 0.118. The van der Waals surface area contributed by atoms with Gasteiger partial charge < -0.3 is 5.73 Å². The van der Waals surface area contributed by atoms with Crippen LogP contribution >= 0.6 is 11.6 Å². The normalized spacial score (nSPS) is 12.2. The van der Waals surface area contributed by atoms with Crippen molar-refractivity contribution in [2.24, 2.45) is 5.73 Å². The molecule has 0 fully saturated rings. The Balaban J connectivity index is 3.22. The minimum absolute atomic E-state index is 0.456. The second-order valence-corrected chi connectivity index (χ2v) is 1.43. The molecule has 0 saturated heterocycles. The molecule has 0 rings (SSSR count). The lowest BCUT2D eigenvalue weighted by molar-refractivity contribution is 1.22. The van der Waals surface area contributed by atoms with Crippen molar-refractivity contribution < 1.29 is 0 Å². The molecule has 0 saturated carbocycles. The van der Waals surface area contributed by atoms with Gasteiger partial charge in [-0.15, -0.1) is 0 Å². The minimum atomic E-state index is 0.456. The van der Waals surface area contributed by atoms with Crippen LogP contribution < -0.4 is 5.73 Å². The van der Waals surface area contributed by atoms with Gasteiger partial charge in [0.15, 0.2) is 0 Å². The summed E-state index contributed by atoms with van der Waals surface area (Å²) in [4.78, 5) is 0. The summed E-state index contributed by atoms with van der Waals surface area (Å²) in [6.45, 7) is 2.31. The van der Waals surface area contributed by atoms with E-state index in [0.29, 0.717) is 6.54 Å². The molecule has 0 amide bonds. The quantitative estimate of drug-likeness (QED) is 0.531. The third-order valence-electron chi connectivity index (χ3n) is 0.508. The van der Waals surface area contributed by atoms with Crippen LogP contribution in [-0.4, -0.2) is 6.54 Å². The third kappa shape index (κ3) is 2.24. The fraction of sp³-hybridized carbons (Fsp3) is 0.500. The Labute approximate surface area is 42.8 Å². The first kappa shape index (κ1) is 5.99. The van der Waals surface area contributed by atoms with Gasteiger partial charge in [-0.05, 0) is 6.92 Å². The first-order valence-corrected chi connectivity index (χ1v) is 2.19. The molecule has 36 valence electrons. The van der Waals surface area contributed by atoms with E-state index in [4.69, 9.17) is 17.3 Å². The number of nitrogens with two attached hydrogens (primary N) is 1. The maximum Gasteiger partial charge on any atom is 0.0284 e. The summed E-state index contributed by atoms with van der Waals surface area (Å²) < 4.78 is 0. The lowest BCUT2D eigenvalue weighted by Crippen LogP contribution is -1.96. The van der Waals surface area contributed by atoms with Gasteiger partial charge in [-0.1, -0.05) is 17.7 Å². The Kier molecular flexibility index (Phi) is 3.19. The molecule has 0 aromatic heterocycles. The molecule has 0 aromatic rings. The van der Waals surface area contributed by atoms with E-state index < -0.39 is 0 Å². The van der Waals surface area contributed by atoms with Gasteiger partial charge in [0.25, 0.3) is 0 Å². The zero-order valence-corrected chi connectivity index (χ0v) is 4.50. The molecular weight excluding hydrogens is 97.5 g/mol. The van der Waals surface area contributed by atoms with Crippen LogP contribution in [-0.2, 0) is 0 Å². The molecule has 0 aliphatic heterocycles. The topological polar surface area (TPSA) is 26.0 Å². The molecule has 1 nitrogen and oxygen atoms in total. The van der Waals surface area contributed by atoms with Crippen molar-refractivity contribution in [1.82, 2.24) is 0 Å². The molecule has 0 aromatic carbocycles. The lowest BCUT2D eigenvalue weighted by atomic mass is 10.5. The van der Waals surface area contributed by atoms with Crippen LogP contribution in [0.2, 0.25) is 0 Å². The summed E-state index contributed by atoms with van der Waals surface area (Å²) in [5, 5.41) is 0.718. The van der Waals surface area contributed by atoms with Crippen molar-refractivity contribution in [1.29, 1.82) is 0 Å². The molecule has 0 aliphatic rings. The zero-order chi connectivity index (χ0) is 4.99. The molecule has 0 radical (unpaired) electrons. The molecule has 0 heterocycles. The molecule has 0 aliphatic carbocycles. The Morgan fingerprint density at radius 1 is 2.00 bits per heavy atom. The van der Waals surface area contributed by atoms with Gasteiger partial charge >= 0.3 is 0 Å². The minimum Gasteiger partial charge on any atom is -0.326 e. The van der Waals surface area contributed by atoms with Gasteiger partial charge in [-0.3, -0.25) is 0 Å². The maximum atomic E-state index is 5.39. The van der Waals surface area contributed by atoms with Crippen molar-refractivity contribution in [2.45, 2.75) is 6.92 Å². The number of allylic oxidation sites excluding steroid dienone is 1. The standard InChI is InChI=1S/C4H8ClN/c1-2-4(5)3-6/h2H,3,6H2,1H3. The Hall–Kier alpha value is -0.0100. The highest BCUT2D eigenvalue weighted by Crippen LogP contribution is 1.93. The van der Waals surface area contributed by atoms with Crippen molar-refractivity contribution >= 4 is 11.6 Å². The second-order valence-electron chi connectivity index (χ2n) is 0.940. The van der Waals surface area contributed by atoms with Gasteiger partial charge in [-0.25, -0.2) is 0 Å². The number of rotatable bonds is 1. The monoisotopic (exact) mass is 105 g/mol. The van der Waals surface area contributed by atoms with Crippen molar-refractivity contribution in [2.75, 3.05) is 6.54 Å². The lowest BCUT2D eigenvalue weighted by Gasteiger charge is -1.82. The van der Waals surface area contributed by atoms with E-state index in [1.165, 1.54) is 0 Å². The summed E-state index contributed by atoms with van der Waals surface area (Å²) in [5.41, 5.74) is 5.08. The Bertz CT molecular complexity index is 58.6. The van der Waals surface area contributed by atoms with Crippen molar-refractivity contribution in [3.8, 4) is 0 Å². The summed E-state index contributed by atoms with van der Waals surface area (Å²) in [7, 11) is 0. The van der Waals surface area contributed by atoms with E-state index in [0.717, 1.165) is 5.03 Å². The molecular formula is C4H8ClN. The molecule has 0 unspecified atom stereocenters. The largest absolute Gasteiger partial charge is 0.326 e. The van der Waals surface area contributed by atoms with E-state index in [1.54, 1.807) is 6.08 Å². The van der Waals surface area contributed by atoms with Crippen LogP contribution in [0.25, 0.3) is 0 Å². The third-order valence-corrected chi connectivity index (χ3v) is 0.881. The SMILES string of the molecule is CC=C(Cl)CN. The first-order valence-electron chi connectivity index (χ1n) is 1.82. The van der Waals surface area contributed by atoms with E-state index in [-0.39, 0.29) is 0 Å². The molecule has 2 N–H and O–H groups in total. The van der Waals surface area contributed by atoms with E-state index in [2.05, 4.69) is 0 Å². The number of hydrogen-bond acceptors (Lipinski definition) is 1. The average molecular weight is 106 g/mol. The van der Waals surface area contributed by atoms with Gasteiger partial charge in [0.05, 0.1) is 0 Å². The highest BCUT2D eigenvalue weighted by Gasteiger charge is 1.76. The van der Waals surface area contributed by atoms with E-state index >= 15 is 0 Å². The van der Waals surface area contributed by atoms with Crippen LogP contribution in [0.4, 0.5) is 0 Å². The molecule has 6 heavy (non-hydrogen) atoms. The van der Waals surface area contributed by atoms with E-state index in [9.17, 15) is 0 Å². The summed E-state index contributed by atoms with van der Waals surface area (Å²) in [6, 6.07) is 0. The Morgan fingerprint density at radius 2 is 2.50 bits per heavy atom. The second kappa shape index (κ2) is 3.19. The zero-order valence-electron chi connectivity index (χ0n) is 3.74. The fourth-order valence-corrected chi connectivity index (χ4v) is 0.118. The summed E-state index contributed by atoms with van der Waals surface area (Å²) in [5.74, 6) is 0. The number of hydrogen-bond donors (Lipinski definition) is 1. The van der Waals surface area contributed by atoms with Crippen LogP contribution in [0.15, 0.2) is 11.1 Å². The smallest absolute Gasteiger partial charge is 0.0284 e. The maximum absolute atomic E-state index is 5.39. The van der Waals surface area contributed by atoms with Crippen molar-refractivity contribution in [3.05, 3.63) is 11.1 Å². The predicted molar refractivity (Wildman–Crippen MR) is 28.7 cm³/mol. The summed E-state index contributed by atoms with van der Waals surface area (Å²) >= 11 is 5.39. The number of halogens is 1. The van der Waals surface area contributed by atoms with Crippen LogP contribution in [0.3, 0.4) is 0 Å². The Morgan fingerprint density at radius 3 is 2.50 bits per heavy atom. The van der Waals surface area contributed by atoms with Crippen LogP contribution in [0.1, 0.15) is 6.92 Å². The summed E-state index contributed by atoms with van der Waals surface area (Å²) in [6.07, 6.45) is 1.78.